The molecule has 1 saturated heterocycles. The van der Waals surface area contributed by atoms with Gasteiger partial charge in [-0.3, -0.25) is 4.90 Å². The number of methoxy groups -OCH3 is 1. The fourth-order valence-electron chi connectivity index (χ4n) is 4.18. The number of piperidine rings is 1. The molecule has 0 radical (unpaired) electrons. The Kier molecular flexibility index (Phi) is 10.7. The molecule has 1 fully saturated rings. The van der Waals surface area contributed by atoms with Gasteiger partial charge in [-0.05, 0) is 43.0 Å². The number of nitriles is 1. The van der Waals surface area contributed by atoms with Crippen molar-refractivity contribution in [2.45, 2.75) is 44.4 Å². The molecule has 1 aliphatic heterocycles. The average Bonchev–Trinajstić information content (AvgIpc) is 2.97. The van der Waals surface area contributed by atoms with Gasteiger partial charge in [0, 0.05) is 12.1 Å². The Labute approximate surface area is 222 Å². The Morgan fingerprint density at radius 1 is 0.947 bits per heavy atom. The number of amides is 1. The monoisotopic (exact) mass is 518 g/mol. The molecule has 3 aromatic rings. The number of likely N-dealkylation sites (tertiary alicyclic amines) is 1. The van der Waals surface area contributed by atoms with Gasteiger partial charge in [0.1, 0.15) is 24.8 Å². The fraction of sp³-hybridized carbons (Fsp3) is 0.300. The van der Waals surface area contributed by atoms with Crippen LogP contribution in [0.4, 0.5) is 9.18 Å². The van der Waals surface area contributed by atoms with Crippen LogP contribution in [-0.2, 0) is 27.5 Å². The highest BCUT2D eigenvalue weighted by Crippen LogP contribution is 2.33. The number of esters is 1. The zero-order valence-corrected chi connectivity index (χ0v) is 21.3. The first-order valence-electron chi connectivity index (χ1n) is 12.3. The first kappa shape index (κ1) is 28.2. The summed E-state index contributed by atoms with van der Waals surface area (Å²) >= 11 is 0. The van der Waals surface area contributed by atoms with Crippen molar-refractivity contribution in [3.63, 3.8) is 0 Å². The normalized spacial score (nSPS) is 16.3. The zero-order valence-electron chi connectivity index (χ0n) is 21.3. The largest absolute Gasteiger partial charge is 0.489 e. The molecule has 8 heteroatoms. The van der Waals surface area contributed by atoms with Crippen LogP contribution in [0.3, 0.4) is 0 Å². The molecule has 0 saturated carbocycles. The van der Waals surface area contributed by atoms with E-state index in [4.69, 9.17) is 19.5 Å². The molecule has 1 atom stereocenters. The van der Waals surface area contributed by atoms with Crippen molar-refractivity contribution in [1.29, 1.82) is 5.26 Å². The second-order valence-corrected chi connectivity index (χ2v) is 8.70. The molecule has 0 unspecified atom stereocenters. The molecule has 0 bridgehead atoms. The van der Waals surface area contributed by atoms with Gasteiger partial charge in [0.15, 0.2) is 5.54 Å². The van der Waals surface area contributed by atoms with Crippen LogP contribution in [0.1, 0.15) is 36.8 Å². The maximum absolute atomic E-state index is 13.2. The number of nitrogens with zero attached hydrogens (tertiary/aromatic N) is 2. The number of hydrogen-bond donors (Lipinski definition) is 0. The van der Waals surface area contributed by atoms with Crippen molar-refractivity contribution >= 4 is 12.1 Å². The van der Waals surface area contributed by atoms with Gasteiger partial charge in [-0.2, -0.15) is 5.26 Å². The lowest BCUT2D eigenvalue weighted by molar-refractivity contribution is -0.156. The van der Waals surface area contributed by atoms with Crippen LogP contribution in [0, 0.1) is 17.1 Å². The first-order chi connectivity index (χ1) is 18.5. The molecule has 1 heterocycles. The molecule has 1 aliphatic rings. The van der Waals surface area contributed by atoms with E-state index in [9.17, 15) is 14.0 Å². The second kappa shape index (κ2) is 14.4. The number of rotatable bonds is 7. The van der Waals surface area contributed by atoms with Crippen molar-refractivity contribution in [2.24, 2.45) is 0 Å². The van der Waals surface area contributed by atoms with Crippen LogP contribution in [0.15, 0.2) is 84.9 Å². The van der Waals surface area contributed by atoms with E-state index < -0.39 is 17.6 Å². The summed E-state index contributed by atoms with van der Waals surface area (Å²) in [7, 11) is 1.27. The molecule has 38 heavy (non-hydrogen) atoms. The van der Waals surface area contributed by atoms with E-state index in [0.717, 1.165) is 24.2 Å². The summed E-state index contributed by atoms with van der Waals surface area (Å²) in [4.78, 5) is 26.1. The Morgan fingerprint density at radius 3 is 2.26 bits per heavy atom. The van der Waals surface area contributed by atoms with Crippen LogP contribution >= 0.6 is 0 Å². The second-order valence-electron chi connectivity index (χ2n) is 8.70. The molecule has 7 nitrogen and oxygen atoms in total. The third-order valence-corrected chi connectivity index (χ3v) is 6.20. The predicted octanol–water partition coefficient (Wildman–Crippen LogP) is 6.04. The zero-order chi connectivity index (χ0) is 27.2. The minimum absolute atomic E-state index is 0.0971. The van der Waals surface area contributed by atoms with Gasteiger partial charge in [0.2, 0.25) is 0 Å². The van der Waals surface area contributed by atoms with Gasteiger partial charge in [0.05, 0.1) is 19.6 Å². The maximum Gasteiger partial charge on any atom is 0.411 e. The lowest BCUT2D eigenvalue weighted by Crippen LogP contribution is -2.59. The standard InChI is InChI=1S/C17H20N2O4.C13H11FO/c1-22-15(20)17(10-11-18)9-5-6-12-19(17)16(21)23-13-14-7-3-2-4-8-14;14-13-9-5-4-6-11(13)10-15-12-7-2-1-3-8-12/h2-4,7-8H,5-6,9-10,12-13H2,1H3;1-9H,10H2/t17-;/m0./s1. The summed E-state index contributed by atoms with van der Waals surface area (Å²) in [5.74, 6) is -0.0374. The molecule has 0 aliphatic carbocycles. The summed E-state index contributed by atoms with van der Waals surface area (Å²) in [6, 6.07) is 27.3. The van der Waals surface area contributed by atoms with E-state index in [2.05, 4.69) is 0 Å². The van der Waals surface area contributed by atoms with Gasteiger partial charge in [-0.15, -0.1) is 0 Å². The summed E-state index contributed by atoms with van der Waals surface area (Å²) < 4.78 is 28.8. The highest BCUT2D eigenvalue weighted by atomic mass is 19.1. The third kappa shape index (κ3) is 7.56. The highest BCUT2D eigenvalue weighted by molar-refractivity contribution is 5.86. The summed E-state index contributed by atoms with van der Waals surface area (Å²) in [5.41, 5.74) is 0.193. The number of benzene rings is 3. The first-order valence-corrected chi connectivity index (χ1v) is 12.3. The number of hydrogen-bond acceptors (Lipinski definition) is 6. The fourth-order valence-corrected chi connectivity index (χ4v) is 4.18. The summed E-state index contributed by atoms with van der Waals surface area (Å²) in [5, 5.41) is 9.10. The Balaban J connectivity index is 0.000000230. The van der Waals surface area contributed by atoms with E-state index in [1.54, 1.807) is 18.2 Å². The van der Waals surface area contributed by atoms with Crippen molar-refractivity contribution in [3.8, 4) is 11.8 Å². The number of carbonyl (C=O) groups is 2. The van der Waals surface area contributed by atoms with Gasteiger partial charge in [-0.25, -0.2) is 14.0 Å². The van der Waals surface area contributed by atoms with Crippen molar-refractivity contribution in [2.75, 3.05) is 13.7 Å². The topological polar surface area (TPSA) is 88.9 Å². The molecular weight excluding hydrogens is 487 g/mol. The van der Waals surface area contributed by atoms with Crippen molar-refractivity contribution in [1.82, 2.24) is 4.90 Å². The Bertz CT molecular complexity index is 1220. The lowest BCUT2D eigenvalue weighted by atomic mass is 9.84. The minimum atomic E-state index is -1.24. The summed E-state index contributed by atoms with van der Waals surface area (Å²) in [6.07, 6.45) is 1.26. The molecule has 1 amide bonds. The van der Waals surface area contributed by atoms with E-state index in [0.29, 0.717) is 18.5 Å². The quantitative estimate of drug-likeness (QED) is 0.354. The van der Waals surface area contributed by atoms with Gasteiger partial charge >= 0.3 is 12.1 Å². The molecule has 0 spiro atoms. The van der Waals surface area contributed by atoms with Gasteiger partial charge in [0.25, 0.3) is 0 Å². The van der Waals surface area contributed by atoms with E-state index in [1.165, 1.54) is 18.1 Å². The smallest absolute Gasteiger partial charge is 0.411 e. The van der Waals surface area contributed by atoms with Crippen LogP contribution < -0.4 is 4.74 Å². The molecule has 4 rings (SSSR count). The minimum Gasteiger partial charge on any atom is -0.489 e. The molecule has 0 N–H and O–H groups in total. The lowest BCUT2D eigenvalue weighted by Gasteiger charge is -2.42. The van der Waals surface area contributed by atoms with E-state index >= 15 is 0 Å². The van der Waals surface area contributed by atoms with E-state index in [-0.39, 0.29) is 25.5 Å². The van der Waals surface area contributed by atoms with Gasteiger partial charge < -0.3 is 14.2 Å². The average molecular weight is 519 g/mol. The third-order valence-electron chi connectivity index (χ3n) is 6.20. The van der Waals surface area contributed by atoms with Crippen LogP contribution in [0.25, 0.3) is 0 Å². The molecule has 0 aromatic heterocycles. The number of ether oxygens (including phenoxy) is 3. The van der Waals surface area contributed by atoms with Crippen molar-refractivity contribution < 1.29 is 28.2 Å². The highest BCUT2D eigenvalue weighted by Gasteiger charge is 2.49. The number of para-hydroxylation sites is 1. The van der Waals surface area contributed by atoms with Crippen LogP contribution in [0.2, 0.25) is 0 Å². The molecule has 3 aromatic carbocycles. The van der Waals surface area contributed by atoms with Crippen LogP contribution in [0.5, 0.6) is 5.75 Å². The maximum atomic E-state index is 13.2. The Morgan fingerprint density at radius 2 is 1.61 bits per heavy atom. The predicted molar refractivity (Wildman–Crippen MR) is 139 cm³/mol. The molecular formula is C30H31FN2O5. The number of halogens is 1. The number of carbonyl (C=O) groups excluding carboxylic acids is 2. The SMILES string of the molecule is COC(=O)[C@@]1(CC#N)CCCCN1C(=O)OCc1ccccc1.Fc1ccccc1COc1ccccc1. The molecule has 198 valence electrons. The van der Waals surface area contributed by atoms with Crippen molar-refractivity contribution in [3.05, 3.63) is 102 Å². The summed E-state index contributed by atoms with van der Waals surface area (Å²) in [6.45, 7) is 0.765. The van der Waals surface area contributed by atoms with Crippen LogP contribution in [-0.4, -0.2) is 36.2 Å². The van der Waals surface area contributed by atoms with E-state index in [1.807, 2.05) is 66.7 Å². The van der Waals surface area contributed by atoms with Gasteiger partial charge in [-0.1, -0.05) is 66.7 Å². The Hall–Kier alpha value is -4.38.